The molecule has 4 fully saturated rings. The van der Waals surface area contributed by atoms with E-state index < -0.39 is 143 Å². The molecule has 36 heteroatoms. The predicted octanol–water partition coefficient (Wildman–Crippen LogP) is 5.78. The monoisotopic (exact) mass is 1710 g/mol. The van der Waals surface area contributed by atoms with Crippen molar-refractivity contribution in [3.8, 4) is 0 Å². The van der Waals surface area contributed by atoms with Gasteiger partial charge >= 0.3 is 24.2 Å². The zero-order valence-electron chi connectivity index (χ0n) is 73.7. The molecule has 4 aliphatic rings. The maximum Gasteiger partial charge on any atom is 0.409 e. The number of imide groups is 2. The number of ether oxygens (including phenoxy) is 4. The van der Waals surface area contributed by atoms with Crippen molar-refractivity contribution < 1.29 is 100 Å². The van der Waals surface area contributed by atoms with E-state index in [0.29, 0.717) is 66.2 Å². The van der Waals surface area contributed by atoms with E-state index in [-0.39, 0.29) is 151 Å². The smallest absolute Gasteiger partial charge is 0.409 e. The van der Waals surface area contributed by atoms with Crippen LogP contribution < -0.4 is 37.6 Å². The van der Waals surface area contributed by atoms with E-state index in [4.69, 9.17) is 29.5 Å². The van der Waals surface area contributed by atoms with Crippen LogP contribution in [-0.2, 0) is 87.9 Å². The second-order valence-corrected chi connectivity index (χ2v) is 35.0. The number of Topliss-reactive ketones (excluding diaryl/α,β-unsaturated/α-hetero) is 1. The van der Waals surface area contributed by atoms with Crippen LogP contribution in [0.15, 0.2) is 42.5 Å². The molecule has 0 spiro atoms. The Morgan fingerprint density at radius 1 is 0.702 bits per heavy atom. The number of ketones is 1. The van der Waals surface area contributed by atoms with Gasteiger partial charge in [0.2, 0.25) is 53.2 Å². The number of aryl methyl sites for hydroxylation is 2. The molecule has 2 aromatic rings. The molecule has 3 aliphatic heterocycles. The zero-order chi connectivity index (χ0) is 90.0. The highest BCUT2D eigenvalue weighted by Crippen LogP contribution is 2.52. The van der Waals surface area contributed by atoms with E-state index in [9.17, 15) is 71.9 Å². The Labute approximate surface area is 714 Å². The number of unbranched alkanes of at least 4 members (excludes halogenated alkanes) is 2. The minimum atomic E-state index is -1.16. The minimum absolute atomic E-state index is 0.00122. The lowest BCUT2D eigenvalue weighted by molar-refractivity contribution is -0.198. The van der Waals surface area contributed by atoms with Gasteiger partial charge in [-0.15, -0.1) is 16.8 Å². The van der Waals surface area contributed by atoms with Gasteiger partial charge in [0.15, 0.2) is 5.78 Å². The van der Waals surface area contributed by atoms with Crippen molar-refractivity contribution in [2.24, 2.45) is 40.7 Å². The van der Waals surface area contributed by atoms with Crippen LogP contribution >= 0.6 is 11.8 Å². The number of nitrogens with two attached hydrogens (primary N) is 1. The van der Waals surface area contributed by atoms with Crippen molar-refractivity contribution in [3.05, 3.63) is 64.7 Å². The van der Waals surface area contributed by atoms with Gasteiger partial charge in [-0.25, -0.2) is 19.2 Å². The van der Waals surface area contributed by atoms with Crippen molar-refractivity contribution in [3.63, 3.8) is 0 Å². The third-order valence-corrected chi connectivity index (χ3v) is 24.5. The fraction of sp³-hybridized carbons (Fsp3) is 0.671. The van der Waals surface area contributed by atoms with E-state index in [1.54, 1.807) is 77.1 Å². The summed E-state index contributed by atoms with van der Waals surface area (Å²) in [6, 6.07) is 5.75. The molecule has 0 bridgehead atoms. The van der Waals surface area contributed by atoms with Gasteiger partial charge in [-0.1, -0.05) is 111 Å². The Balaban J connectivity index is 1.01. The summed E-state index contributed by atoms with van der Waals surface area (Å²) in [5.74, 6) is -7.74. The Morgan fingerprint density at radius 3 is 1.93 bits per heavy atom. The Hall–Kier alpha value is -9.81. The lowest BCUT2D eigenvalue weighted by Gasteiger charge is -2.41. The third kappa shape index (κ3) is 29.2. The van der Waals surface area contributed by atoms with Crippen molar-refractivity contribution >= 4 is 112 Å². The summed E-state index contributed by atoms with van der Waals surface area (Å²) < 4.78 is 24.0. The first-order valence-electron chi connectivity index (χ1n) is 41.9. The highest BCUT2D eigenvalue weighted by Gasteiger charge is 2.50. The molecule has 121 heavy (non-hydrogen) atoms. The maximum absolute atomic E-state index is 15.2. The van der Waals surface area contributed by atoms with Crippen LogP contribution in [0, 0.1) is 48.9 Å². The number of methoxy groups -OCH3 is 2. The highest BCUT2D eigenvalue weighted by atomic mass is 32.2. The first-order chi connectivity index (χ1) is 57.0. The van der Waals surface area contributed by atoms with Crippen LogP contribution in [0.1, 0.15) is 186 Å². The van der Waals surface area contributed by atoms with Crippen LogP contribution in [0.4, 0.5) is 20.1 Å². The van der Waals surface area contributed by atoms with Crippen LogP contribution in [0.5, 0.6) is 0 Å². The highest BCUT2D eigenvalue weighted by molar-refractivity contribution is 8.00. The van der Waals surface area contributed by atoms with Crippen molar-refractivity contribution in [1.29, 1.82) is 0 Å². The standard InChI is InChI=1S/C85H130N14O21S/c1-19-53(9)74(96(16)81(112)72(50(4)5)92-79(110)73(51(6)7)93(12)13)63(116-17)42-68(104)98-46-58(41-61(98)75(117-18)55(11)76(107)88-45-62(100)59-31-26-52(8)40-54(59)10)119-84(115)95(15)39-38-94(14)83(114)118-47-56-27-29-57(30-28-56)89-77(108)60(24-23-36-87-82(86)113)90-78(109)71(49(2)3)91-65(101)25-21-20-22-37-97-69(105)43-64(80(97)111)121-48-85(34-35-85)44-70(106)120-99-66(102)32-33-67(99)103/h26-31,40,49-51,53,55,58,60-61,63-64,71-75H,19-25,32-39,41-48H2,1-18H3,(H,88,107)(H,89,108)(H,90,109)(H,91,101)(H,92,110)(H3,86,87,113)/t53-,55+,58-,60-,61-,63+,64?,71-,72-,73-,74-,75+/m0/s1. The second kappa shape index (κ2) is 47.0. The minimum Gasteiger partial charge on any atom is -0.445 e. The Bertz CT molecular complexity index is 3970. The number of carbonyl (C=O) groups excluding carboxylic acids is 16. The molecule has 0 radical (unpaired) electrons. The topological polar surface area (TPSA) is 440 Å². The summed E-state index contributed by atoms with van der Waals surface area (Å²) in [5.41, 5.74) is 7.85. The molecule has 12 atom stereocenters. The lowest BCUT2D eigenvalue weighted by atomic mass is 9.89. The van der Waals surface area contributed by atoms with E-state index in [2.05, 4.69) is 31.9 Å². The van der Waals surface area contributed by atoms with E-state index in [1.807, 2.05) is 72.4 Å². The van der Waals surface area contributed by atoms with Gasteiger partial charge in [0.1, 0.15) is 30.8 Å². The zero-order valence-corrected chi connectivity index (χ0v) is 74.5. The molecule has 0 aromatic heterocycles. The number of nitrogens with one attached hydrogen (secondary N) is 6. The first kappa shape index (κ1) is 100. The van der Waals surface area contributed by atoms with Crippen molar-refractivity contribution in [1.82, 2.24) is 61.0 Å². The van der Waals surface area contributed by atoms with E-state index in [1.165, 1.54) is 59.7 Å². The summed E-state index contributed by atoms with van der Waals surface area (Å²) >= 11 is 1.30. The number of benzene rings is 2. The van der Waals surface area contributed by atoms with Gasteiger partial charge in [0.25, 0.3) is 11.8 Å². The molecular weight excluding hydrogens is 1590 g/mol. The molecule has 2 aromatic carbocycles. The summed E-state index contributed by atoms with van der Waals surface area (Å²) in [5, 5.41) is 16.4. The van der Waals surface area contributed by atoms with Crippen LogP contribution in [0.2, 0.25) is 0 Å². The van der Waals surface area contributed by atoms with E-state index >= 15 is 4.79 Å². The lowest BCUT2D eigenvalue weighted by Crippen LogP contribution is -2.59. The molecular formula is C85H130N14O21S. The molecule has 1 unspecified atom stereocenters. The number of hydroxylamine groups is 2. The number of hydrogen-bond donors (Lipinski definition) is 7. The normalized spacial score (nSPS) is 18.5. The number of carbonyl (C=O) groups is 16. The van der Waals surface area contributed by atoms with Crippen LogP contribution in [0.25, 0.3) is 0 Å². The van der Waals surface area contributed by atoms with Crippen LogP contribution in [-0.4, -0.2) is 284 Å². The summed E-state index contributed by atoms with van der Waals surface area (Å²) in [7, 11) is 11.1. The average Bonchev–Trinajstić information content (AvgIpc) is 1.70. The number of amides is 15. The van der Waals surface area contributed by atoms with Crippen molar-refractivity contribution in [2.75, 3.05) is 99.8 Å². The number of nitrogens with zero attached hydrogens (tertiary/aromatic N) is 7. The predicted molar refractivity (Wildman–Crippen MR) is 450 cm³/mol. The number of anilines is 1. The van der Waals surface area contributed by atoms with Gasteiger partial charge in [0, 0.05) is 111 Å². The van der Waals surface area contributed by atoms with Crippen molar-refractivity contribution in [2.45, 2.75) is 239 Å². The summed E-state index contributed by atoms with van der Waals surface area (Å²) in [6.45, 7) is 19.8. The largest absolute Gasteiger partial charge is 0.445 e. The Morgan fingerprint density at radius 2 is 1.35 bits per heavy atom. The molecule has 1 aliphatic carbocycles. The molecule has 672 valence electrons. The Kier molecular flexibility index (Phi) is 38.8. The SMILES string of the molecule is CC[C@H](C)[C@@H]([C@@H](CC(=O)N1C[C@@H](OC(=O)N(C)CCN(C)C(=O)OCc2ccc(NC(=O)[C@H](CCCNC(N)=O)NC(=O)[C@@H](NC(=O)CCCCCN3C(=O)CC(SCC4(CC(=O)ON5C(=O)CCC5=O)CC4)C3=O)C(C)C)cc2)C[C@H]1[C@H](OC)[C@@H](C)C(=O)NCC(=O)c1ccc(C)cc1C)OC)N(C)C(=O)[C@@H](NC(=O)[C@H](C(C)C)N(C)C)C(C)C. The molecule has 3 saturated heterocycles. The number of primary amides is 1. The van der Waals surface area contributed by atoms with Gasteiger partial charge in [0.05, 0.1) is 67.4 Å². The van der Waals surface area contributed by atoms with Gasteiger partial charge in [-0.05, 0) is 119 Å². The number of rotatable bonds is 48. The number of thioether (sulfide) groups is 1. The molecule has 8 N–H and O–H groups in total. The summed E-state index contributed by atoms with van der Waals surface area (Å²) in [6.07, 6.45) is -1.19. The molecule has 35 nitrogen and oxygen atoms in total. The number of likely N-dealkylation sites (tertiary alicyclic amines) is 2. The number of likely N-dealkylation sites (N-methyl/N-ethyl adjacent to an activating group) is 4. The molecule has 15 amide bonds. The third-order valence-electron chi connectivity index (χ3n) is 22.9. The summed E-state index contributed by atoms with van der Waals surface area (Å²) in [4.78, 5) is 228. The fourth-order valence-corrected chi connectivity index (χ4v) is 16.9. The van der Waals surface area contributed by atoms with E-state index in [0.717, 1.165) is 11.1 Å². The van der Waals surface area contributed by atoms with Gasteiger partial charge in [-0.2, -0.15) is 0 Å². The second-order valence-electron chi connectivity index (χ2n) is 33.8. The molecule has 3 heterocycles. The maximum atomic E-state index is 15.2. The number of urea groups is 1. The fourth-order valence-electron chi connectivity index (χ4n) is 15.4. The van der Waals surface area contributed by atoms with Gasteiger partial charge in [-0.3, -0.25) is 67.3 Å². The van der Waals surface area contributed by atoms with Crippen LogP contribution in [0.3, 0.4) is 0 Å². The number of hydrogen-bond acceptors (Lipinski definition) is 23. The first-order valence-corrected chi connectivity index (χ1v) is 42.9. The molecule has 6 rings (SSSR count). The quantitative estimate of drug-likeness (QED) is 0.0234. The average molecular weight is 1720 g/mol. The molecule has 1 saturated carbocycles. The van der Waals surface area contributed by atoms with Gasteiger partial charge < -0.3 is 81.0 Å².